The fourth-order valence-electron chi connectivity index (χ4n) is 3.14. The van der Waals surface area contributed by atoms with Crippen molar-refractivity contribution in [3.63, 3.8) is 0 Å². The normalized spacial score (nSPS) is 11.9. The molecule has 6 heteroatoms. The van der Waals surface area contributed by atoms with Gasteiger partial charge in [0, 0.05) is 29.6 Å². The molecule has 146 valence electrons. The summed E-state index contributed by atoms with van der Waals surface area (Å²) in [6.07, 6.45) is 0.843. The van der Waals surface area contributed by atoms with Gasteiger partial charge in [-0.15, -0.1) is 0 Å². The van der Waals surface area contributed by atoms with Gasteiger partial charge in [-0.3, -0.25) is 9.59 Å². The molecule has 0 saturated carbocycles. The number of carboxylic acids is 1. The third-order valence-corrected chi connectivity index (χ3v) is 4.82. The van der Waals surface area contributed by atoms with Crippen molar-refractivity contribution in [2.24, 2.45) is 5.92 Å². The number of aromatic nitrogens is 1. The van der Waals surface area contributed by atoms with Crippen LogP contribution in [0.25, 0.3) is 22.2 Å². The molecule has 1 atom stereocenters. The van der Waals surface area contributed by atoms with E-state index < -0.39 is 11.9 Å². The Bertz CT molecular complexity index is 976. The molecule has 0 fully saturated rings. The van der Waals surface area contributed by atoms with Crippen molar-refractivity contribution in [1.29, 1.82) is 0 Å². The van der Waals surface area contributed by atoms with Crippen LogP contribution in [0.1, 0.15) is 18.9 Å². The van der Waals surface area contributed by atoms with Crippen LogP contribution in [0.4, 0.5) is 0 Å². The predicted molar refractivity (Wildman–Crippen MR) is 108 cm³/mol. The zero-order valence-electron chi connectivity index (χ0n) is 16.0. The van der Waals surface area contributed by atoms with Crippen molar-refractivity contribution in [3.8, 4) is 17.0 Å². The van der Waals surface area contributed by atoms with Crippen molar-refractivity contribution in [1.82, 2.24) is 10.3 Å². The van der Waals surface area contributed by atoms with E-state index in [-0.39, 0.29) is 18.9 Å². The van der Waals surface area contributed by atoms with Gasteiger partial charge in [0.15, 0.2) is 0 Å². The number of carboxylic acid groups (broad SMARTS) is 1. The maximum absolute atomic E-state index is 12.2. The van der Waals surface area contributed by atoms with E-state index in [2.05, 4.69) is 10.3 Å². The molecule has 6 nitrogen and oxygen atoms in total. The van der Waals surface area contributed by atoms with E-state index in [1.165, 1.54) is 0 Å². The van der Waals surface area contributed by atoms with Gasteiger partial charge in [-0.1, -0.05) is 25.1 Å². The first-order valence-electron chi connectivity index (χ1n) is 9.23. The summed E-state index contributed by atoms with van der Waals surface area (Å²) in [6.45, 7) is 1.71. The van der Waals surface area contributed by atoms with E-state index >= 15 is 0 Å². The van der Waals surface area contributed by atoms with Crippen LogP contribution in [0.3, 0.4) is 0 Å². The lowest BCUT2D eigenvalue weighted by molar-refractivity contribution is -0.141. The van der Waals surface area contributed by atoms with Crippen LogP contribution < -0.4 is 10.1 Å². The van der Waals surface area contributed by atoms with E-state index in [4.69, 9.17) is 9.84 Å². The summed E-state index contributed by atoms with van der Waals surface area (Å²) in [7, 11) is 1.63. The molecular formula is C22H24N2O4. The van der Waals surface area contributed by atoms with E-state index in [0.717, 1.165) is 33.5 Å². The molecule has 0 radical (unpaired) electrons. The number of hydrogen-bond acceptors (Lipinski definition) is 3. The zero-order valence-corrected chi connectivity index (χ0v) is 16.0. The molecule has 28 heavy (non-hydrogen) atoms. The third kappa shape index (κ3) is 4.34. The fourth-order valence-corrected chi connectivity index (χ4v) is 3.14. The Kier molecular flexibility index (Phi) is 5.99. The molecule has 3 N–H and O–H groups in total. The molecule has 1 aromatic heterocycles. The second-order valence-corrected chi connectivity index (χ2v) is 6.80. The second-order valence-electron chi connectivity index (χ2n) is 6.80. The average molecular weight is 380 g/mol. The van der Waals surface area contributed by atoms with Crippen molar-refractivity contribution in [2.75, 3.05) is 13.7 Å². The van der Waals surface area contributed by atoms with Gasteiger partial charge in [0.2, 0.25) is 5.91 Å². The van der Waals surface area contributed by atoms with Crippen LogP contribution in [0.2, 0.25) is 0 Å². The van der Waals surface area contributed by atoms with E-state index in [0.29, 0.717) is 6.42 Å². The summed E-state index contributed by atoms with van der Waals surface area (Å²) in [4.78, 5) is 26.5. The summed E-state index contributed by atoms with van der Waals surface area (Å²) < 4.78 is 5.23. The number of aliphatic carboxylic acids is 1. The van der Waals surface area contributed by atoms with Gasteiger partial charge >= 0.3 is 5.97 Å². The number of hydrogen-bond donors (Lipinski definition) is 3. The Morgan fingerprint density at radius 1 is 1.14 bits per heavy atom. The number of nitrogens with one attached hydrogen (secondary N) is 2. The molecule has 1 unspecified atom stereocenters. The first-order chi connectivity index (χ1) is 13.5. The molecule has 1 heterocycles. The molecular weight excluding hydrogens is 356 g/mol. The standard InChI is InChI=1S/C22H24N2O4/c1-14(22(26)27)13-23-20(25)12-11-18-17-5-3-4-6-19(17)24-21(18)15-7-9-16(28-2)10-8-15/h3-10,14,24H,11-13H2,1-2H3,(H,23,25)(H,26,27). The number of H-pyrrole nitrogens is 1. The largest absolute Gasteiger partial charge is 0.497 e. The van der Waals surface area contributed by atoms with Crippen LogP contribution >= 0.6 is 0 Å². The van der Waals surface area contributed by atoms with Gasteiger partial charge in [-0.2, -0.15) is 0 Å². The quantitative estimate of drug-likeness (QED) is 0.557. The summed E-state index contributed by atoms with van der Waals surface area (Å²) in [5.41, 5.74) is 4.09. The summed E-state index contributed by atoms with van der Waals surface area (Å²) in [6, 6.07) is 15.8. The maximum atomic E-state index is 12.2. The van der Waals surface area contributed by atoms with Crippen LogP contribution in [0, 0.1) is 5.92 Å². The predicted octanol–water partition coefficient (Wildman–Crippen LogP) is 3.61. The Hall–Kier alpha value is -3.28. The van der Waals surface area contributed by atoms with Crippen LogP contribution in [0.5, 0.6) is 5.75 Å². The first kappa shape index (κ1) is 19.5. The number of fused-ring (bicyclic) bond motifs is 1. The van der Waals surface area contributed by atoms with E-state index in [1.54, 1.807) is 14.0 Å². The fraction of sp³-hybridized carbons (Fsp3) is 0.273. The van der Waals surface area contributed by atoms with Gasteiger partial charge in [0.25, 0.3) is 0 Å². The molecule has 0 aliphatic rings. The van der Waals surface area contributed by atoms with Crippen molar-refractivity contribution >= 4 is 22.8 Å². The molecule has 0 saturated heterocycles. The van der Waals surface area contributed by atoms with Crippen molar-refractivity contribution < 1.29 is 19.4 Å². The minimum absolute atomic E-state index is 0.132. The summed E-state index contributed by atoms with van der Waals surface area (Å²) >= 11 is 0. The molecule has 0 aliphatic carbocycles. The highest BCUT2D eigenvalue weighted by Crippen LogP contribution is 2.32. The van der Waals surface area contributed by atoms with E-state index in [1.807, 2.05) is 48.5 Å². The van der Waals surface area contributed by atoms with Gasteiger partial charge in [-0.05, 0) is 47.9 Å². The highest BCUT2D eigenvalue weighted by Gasteiger charge is 2.16. The van der Waals surface area contributed by atoms with Gasteiger partial charge in [0.05, 0.1) is 13.0 Å². The van der Waals surface area contributed by atoms with Crippen molar-refractivity contribution in [3.05, 3.63) is 54.1 Å². The number of methoxy groups -OCH3 is 1. The average Bonchev–Trinajstić information content (AvgIpc) is 3.09. The summed E-state index contributed by atoms with van der Waals surface area (Å²) in [5, 5.41) is 12.7. The number of carbonyl (C=O) groups excluding carboxylic acids is 1. The Morgan fingerprint density at radius 2 is 1.86 bits per heavy atom. The molecule has 0 bridgehead atoms. The topological polar surface area (TPSA) is 91.4 Å². The molecule has 2 aromatic carbocycles. The minimum Gasteiger partial charge on any atom is -0.497 e. The van der Waals surface area contributed by atoms with Crippen LogP contribution in [0.15, 0.2) is 48.5 Å². The zero-order chi connectivity index (χ0) is 20.1. The number of ether oxygens (including phenoxy) is 1. The molecule has 0 aliphatic heterocycles. The van der Waals surface area contributed by atoms with Crippen LogP contribution in [-0.2, 0) is 16.0 Å². The van der Waals surface area contributed by atoms with E-state index in [9.17, 15) is 9.59 Å². The Morgan fingerprint density at radius 3 is 2.54 bits per heavy atom. The lowest BCUT2D eigenvalue weighted by Crippen LogP contribution is -2.31. The van der Waals surface area contributed by atoms with Gasteiger partial charge in [0.1, 0.15) is 5.75 Å². The number of aromatic amines is 1. The third-order valence-electron chi connectivity index (χ3n) is 4.82. The monoisotopic (exact) mass is 380 g/mol. The molecule has 3 aromatic rings. The van der Waals surface area contributed by atoms with Crippen LogP contribution in [-0.4, -0.2) is 35.6 Å². The van der Waals surface area contributed by atoms with Crippen molar-refractivity contribution in [2.45, 2.75) is 19.8 Å². The number of carbonyl (C=O) groups is 2. The lowest BCUT2D eigenvalue weighted by atomic mass is 10.0. The number of para-hydroxylation sites is 1. The van der Waals surface area contributed by atoms with Gasteiger partial charge in [-0.25, -0.2) is 0 Å². The molecule has 3 rings (SSSR count). The summed E-state index contributed by atoms with van der Waals surface area (Å²) in [5.74, 6) is -0.891. The number of benzene rings is 2. The Balaban J connectivity index is 1.81. The van der Waals surface area contributed by atoms with Gasteiger partial charge < -0.3 is 20.1 Å². The minimum atomic E-state index is -0.918. The smallest absolute Gasteiger partial charge is 0.308 e. The highest BCUT2D eigenvalue weighted by molar-refractivity contribution is 5.91. The second kappa shape index (κ2) is 8.61. The molecule has 1 amide bonds. The maximum Gasteiger partial charge on any atom is 0.308 e. The highest BCUT2D eigenvalue weighted by atomic mass is 16.5. The SMILES string of the molecule is COc1ccc(-c2[nH]c3ccccc3c2CCC(=O)NCC(C)C(=O)O)cc1. The first-order valence-corrected chi connectivity index (χ1v) is 9.23. The number of amides is 1. The number of aryl methyl sites for hydroxylation is 1. The Labute approximate surface area is 163 Å². The lowest BCUT2D eigenvalue weighted by Gasteiger charge is -2.09. The molecule has 0 spiro atoms. The number of rotatable bonds is 8.